The lowest BCUT2D eigenvalue weighted by Gasteiger charge is -2.25. The fraction of sp³-hybridized carbons (Fsp3) is 0.733. The first-order valence-electron chi connectivity index (χ1n) is 7.63. The molecule has 6 nitrogen and oxygen atoms in total. The van der Waals surface area contributed by atoms with Gasteiger partial charge in [-0.25, -0.2) is 9.97 Å². The van der Waals surface area contributed by atoms with Crippen LogP contribution in [0, 0.1) is 0 Å². The zero-order valence-corrected chi connectivity index (χ0v) is 13.3. The molecule has 1 fully saturated rings. The number of hydrogen-bond acceptors (Lipinski definition) is 6. The predicted molar refractivity (Wildman–Crippen MR) is 85.5 cm³/mol. The summed E-state index contributed by atoms with van der Waals surface area (Å²) < 4.78 is 0. The van der Waals surface area contributed by atoms with E-state index in [0.717, 1.165) is 50.8 Å². The number of hydrogen-bond donors (Lipinski definition) is 2. The summed E-state index contributed by atoms with van der Waals surface area (Å²) in [4.78, 5) is 13.6. The first kappa shape index (κ1) is 16.0. The molecule has 0 amide bonds. The van der Waals surface area contributed by atoms with Gasteiger partial charge in [0.25, 0.3) is 0 Å². The second-order valence-corrected chi connectivity index (χ2v) is 6.63. The van der Waals surface area contributed by atoms with Gasteiger partial charge in [0.05, 0.1) is 6.61 Å². The van der Waals surface area contributed by atoms with Crippen LogP contribution in [0.25, 0.3) is 0 Å². The van der Waals surface area contributed by atoms with Gasteiger partial charge in [0.2, 0.25) is 0 Å². The topological polar surface area (TPSA) is 78.5 Å². The third kappa shape index (κ3) is 4.28. The summed E-state index contributed by atoms with van der Waals surface area (Å²) in [5, 5.41) is 9.06. The van der Waals surface area contributed by atoms with Gasteiger partial charge in [0.1, 0.15) is 17.5 Å². The molecule has 1 aromatic rings. The predicted octanol–water partition coefficient (Wildman–Crippen LogP) is 0.861. The van der Waals surface area contributed by atoms with Gasteiger partial charge in [0.15, 0.2) is 0 Å². The Morgan fingerprint density at radius 3 is 2.62 bits per heavy atom. The van der Waals surface area contributed by atoms with Crippen LogP contribution in [-0.2, 0) is 5.41 Å². The lowest BCUT2D eigenvalue weighted by molar-refractivity contribution is 0.204. The highest BCUT2D eigenvalue weighted by Crippen LogP contribution is 2.23. The minimum Gasteiger partial charge on any atom is -0.395 e. The van der Waals surface area contributed by atoms with Crippen molar-refractivity contribution < 1.29 is 5.11 Å². The third-order valence-corrected chi connectivity index (χ3v) is 3.73. The Morgan fingerprint density at radius 2 is 1.95 bits per heavy atom. The van der Waals surface area contributed by atoms with Crippen molar-refractivity contribution in [2.75, 3.05) is 50.0 Å². The van der Waals surface area contributed by atoms with E-state index in [1.807, 2.05) is 6.07 Å². The maximum absolute atomic E-state index is 9.06. The number of aliphatic hydroxyl groups is 1. The minimum absolute atomic E-state index is 0.112. The first-order chi connectivity index (χ1) is 9.90. The summed E-state index contributed by atoms with van der Waals surface area (Å²) in [5.41, 5.74) is 5.84. The van der Waals surface area contributed by atoms with E-state index in [4.69, 9.17) is 15.8 Å². The summed E-state index contributed by atoms with van der Waals surface area (Å²) in [6.07, 6.45) is 1.06. The highest BCUT2D eigenvalue weighted by molar-refractivity contribution is 5.47. The van der Waals surface area contributed by atoms with Gasteiger partial charge in [0, 0.05) is 37.7 Å². The molecule has 0 bridgehead atoms. The SMILES string of the molecule is CC(C)(C)c1nc(N)cc(N2CCCN(CCO)CC2)n1. The number of nitrogens with two attached hydrogens (primary N) is 1. The van der Waals surface area contributed by atoms with Crippen molar-refractivity contribution in [2.24, 2.45) is 0 Å². The van der Waals surface area contributed by atoms with E-state index >= 15 is 0 Å². The molecule has 0 aliphatic carbocycles. The molecule has 6 heteroatoms. The molecular weight excluding hydrogens is 266 g/mol. The van der Waals surface area contributed by atoms with Crippen LogP contribution in [0.3, 0.4) is 0 Å². The quantitative estimate of drug-likeness (QED) is 0.860. The van der Waals surface area contributed by atoms with Gasteiger partial charge < -0.3 is 15.7 Å². The molecule has 1 aromatic heterocycles. The van der Waals surface area contributed by atoms with E-state index in [2.05, 4.69) is 35.6 Å². The number of nitrogen functional groups attached to an aromatic ring is 1. The van der Waals surface area contributed by atoms with Gasteiger partial charge in [-0.15, -0.1) is 0 Å². The molecule has 0 radical (unpaired) electrons. The van der Waals surface area contributed by atoms with Crippen molar-refractivity contribution in [2.45, 2.75) is 32.6 Å². The summed E-state index contributed by atoms with van der Waals surface area (Å²) in [5.74, 6) is 2.23. The Balaban J connectivity index is 2.16. The van der Waals surface area contributed by atoms with Crippen molar-refractivity contribution in [1.29, 1.82) is 0 Å². The van der Waals surface area contributed by atoms with Crippen LogP contribution in [-0.4, -0.2) is 59.3 Å². The van der Waals surface area contributed by atoms with Gasteiger partial charge in [-0.05, 0) is 13.0 Å². The molecule has 0 aromatic carbocycles. The molecule has 21 heavy (non-hydrogen) atoms. The second-order valence-electron chi connectivity index (χ2n) is 6.63. The van der Waals surface area contributed by atoms with Crippen molar-refractivity contribution in [1.82, 2.24) is 14.9 Å². The number of β-amino-alcohol motifs (C(OH)–C–C–N with tert-alkyl or cyclic N) is 1. The van der Waals surface area contributed by atoms with Gasteiger partial charge in [-0.2, -0.15) is 0 Å². The number of rotatable bonds is 3. The number of anilines is 2. The molecule has 118 valence electrons. The largest absolute Gasteiger partial charge is 0.395 e. The van der Waals surface area contributed by atoms with Crippen LogP contribution in [0.2, 0.25) is 0 Å². The summed E-state index contributed by atoms with van der Waals surface area (Å²) in [6, 6.07) is 1.86. The normalized spacial score (nSPS) is 17.8. The smallest absolute Gasteiger partial charge is 0.138 e. The van der Waals surface area contributed by atoms with Crippen molar-refractivity contribution in [3.8, 4) is 0 Å². The van der Waals surface area contributed by atoms with Crippen molar-refractivity contribution in [3.05, 3.63) is 11.9 Å². The average Bonchev–Trinajstić information content (AvgIpc) is 2.63. The van der Waals surface area contributed by atoms with Gasteiger partial charge >= 0.3 is 0 Å². The molecule has 2 rings (SSSR count). The van der Waals surface area contributed by atoms with E-state index in [1.54, 1.807) is 0 Å². The Hall–Kier alpha value is -1.40. The Kier molecular flexibility index (Phi) is 5.00. The van der Waals surface area contributed by atoms with Crippen LogP contribution in [0.1, 0.15) is 33.0 Å². The molecule has 1 aliphatic rings. The Labute approximate surface area is 127 Å². The van der Waals surface area contributed by atoms with Crippen molar-refractivity contribution in [3.63, 3.8) is 0 Å². The van der Waals surface area contributed by atoms with E-state index in [0.29, 0.717) is 5.82 Å². The standard InChI is InChI=1S/C15H27N5O/c1-15(2,3)14-17-12(16)11-13(18-14)20-6-4-5-19(7-8-20)9-10-21/h11,21H,4-10H2,1-3H3,(H2,16,17,18). The maximum atomic E-state index is 9.06. The highest BCUT2D eigenvalue weighted by Gasteiger charge is 2.21. The molecule has 0 unspecified atom stereocenters. The monoisotopic (exact) mass is 293 g/mol. The molecule has 1 saturated heterocycles. The fourth-order valence-electron chi connectivity index (χ4n) is 2.52. The zero-order valence-electron chi connectivity index (χ0n) is 13.3. The Bertz CT molecular complexity index is 472. The molecule has 0 saturated carbocycles. The first-order valence-corrected chi connectivity index (χ1v) is 7.63. The van der Waals surface area contributed by atoms with Crippen LogP contribution in [0.4, 0.5) is 11.6 Å². The summed E-state index contributed by atoms with van der Waals surface area (Å²) >= 11 is 0. The maximum Gasteiger partial charge on any atom is 0.138 e. The Morgan fingerprint density at radius 1 is 1.19 bits per heavy atom. The van der Waals surface area contributed by atoms with E-state index < -0.39 is 0 Å². The molecule has 0 spiro atoms. The molecule has 2 heterocycles. The lowest BCUT2D eigenvalue weighted by atomic mass is 9.96. The number of aliphatic hydroxyl groups excluding tert-OH is 1. The molecule has 1 aliphatic heterocycles. The average molecular weight is 293 g/mol. The fourth-order valence-corrected chi connectivity index (χ4v) is 2.52. The molecular formula is C15H27N5O. The van der Waals surface area contributed by atoms with Crippen LogP contribution >= 0.6 is 0 Å². The van der Waals surface area contributed by atoms with E-state index in [-0.39, 0.29) is 12.0 Å². The molecule has 0 atom stereocenters. The highest BCUT2D eigenvalue weighted by atomic mass is 16.3. The summed E-state index contributed by atoms with van der Waals surface area (Å²) in [7, 11) is 0. The van der Waals surface area contributed by atoms with Crippen LogP contribution in [0.5, 0.6) is 0 Å². The van der Waals surface area contributed by atoms with Gasteiger partial charge in [-0.3, -0.25) is 4.90 Å². The van der Waals surface area contributed by atoms with Gasteiger partial charge in [-0.1, -0.05) is 20.8 Å². The summed E-state index contributed by atoms with van der Waals surface area (Å²) in [6.45, 7) is 11.1. The van der Waals surface area contributed by atoms with E-state index in [9.17, 15) is 0 Å². The van der Waals surface area contributed by atoms with Crippen LogP contribution < -0.4 is 10.6 Å². The van der Waals surface area contributed by atoms with Crippen LogP contribution in [0.15, 0.2) is 6.07 Å². The second kappa shape index (κ2) is 6.58. The lowest BCUT2D eigenvalue weighted by Crippen LogP contribution is -2.33. The number of nitrogens with zero attached hydrogens (tertiary/aromatic N) is 4. The third-order valence-electron chi connectivity index (χ3n) is 3.73. The zero-order chi connectivity index (χ0) is 15.5. The van der Waals surface area contributed by atoms with E-state index in [1.165, 1.54) is 0 Å². The number of aromatic nitrogens is 2. The minimum atomic E-state index is -0.112. The van der Waals surface area contributed by atoms with Crippen molar-refractivity contribution >= 4 is 11.6 Å². The molecule has 3 N–H and O–H groups in total.